The van der Waals surface area contributed by atoms with Crippen LogP contribution >= 0.6 is 27.3 Å². The Balaban J connectivity index is 1.95. The van der Waals surface area contributed by atoms with Gasteiger partial charge in [0.1, 0.15) is 16.5 Å². The molecule has 0 radical (unpaired) electrons. The van der Waals surface area contributed by atoms with Crippen LogP contribution in [-0.4, -0.2) is 15.1 Å². The van der Waals surface area contributed by atoms with E-state index in [0.717, 1.165) is 5.01 Å². The van der Waals surface area contributed by atoms with Crippen LogP contribution in [0.2, 0.25) is 0 Å². The predicted molar refractivity (Wildman–Crippen MR) is 76.4 cm³/mol. The van der Waals surface area contributed by atoms with Gasteiger partial charge in [-0.3, -0.25) is 0 Å². The molecule has 0 saturated heterocycles. The molecule has 0 amide bonds. The number of aromatic nitrogens is 3. The summed E-state index contributed by atoms with van der Waals surface area (Å²) in [5.74, 6) is 0.351. The minimum atomic E-state index is -0.343. The number of benzene rings is 1. The van der Waals surface area contributed by atoms with Gasteiger partial charge >= 0.3 is 0 Å². The lowest BCUT2D eigenvalue weighted by Crippen LogP contribution is -1.94. The summed E-state index contributed by atoms with van der Waals surface area (Å²) in [4.78, 5) is 8.52. The summed E-state index contributed by atoms with van der Waals surface area (Å²) in [6.45, 7) is 0.372. The highest BCUT2D eigenvalue weighted by Gasteiger charge is 2.14. The maximum absolute atomic E-state index is 13.2. The van der Waals surface area contributed by atoms with Crippen molar-refractivity contribution < 1.29 is 8.91 Å². The van der Waals surface area contributed by atoms with Crippen molar-refractivity contribution in [2.75, 3.05) is 0 Å². The zero-order chi connectivity index (χ0) is 14.1. The third-order valence-corrected chi connectivity index (χ3v) is 4.03. The van der Waals surface area contributed by atoms with Gasteiger partial charge in [0, 0.05) is 17.5 Å². The standard InChI is InChI=1S/C12H8BrFN4OS/c13-7-3-6(1-2-8(7)14)11-17-12(19-18-11)9-5-20-10(4-15)16-9/h1-3,5H,4,15H2. The average molecular weight is 355 g/mol. The molecule has 8 heteroatoms. The predicted octanol–water partition coefficient (Wildman–Crippen LogP) is 3.22. The number of hydrogen-bond donors (Lipinski definition) is 1. The number of halogens is 2. The average Bonchev–Trinajstić information content (AvgIpc) is 3.09. The third kappa shape index (κ3) is 2.49. The van der Waals surface area contributed by atoms with Crippen molar-refractivity contribution in [3.8, 4) is 23.0 Å². The van der Waals surface area contributed by atoms with E-state index >= 15 is 0 Å². The maximum Gasteiger partial charge on any atom is 0.277 e. The molecular formula is C12H8BrFN4OS. The summed E-state index contributed by atoms with van der Waals surface area (Å²) in [5.41, 5.74) is 6.76. The minimum Gasteiger partial charge on any atom is -0.332 e. The van der Waals surface area contributed by atoms with Crippen molar-refractivity contribution in [2.45, 2.75) is 6.54 Å². The second-order valence-electron chi connectivity index (χ2n) is 3.88. The zero-order valence-corrected chi connectivity index (χ0v) is 12.4. The monoisotopic (exact) mass is 354 g/mol. The molecule has 0 fully saturated rings. The molecule has 0 bridgehead atoms. The molecule has 2 heterocycles. The van der Waals surface area contributed by atoms with Crippen LogP contribution in [0.4, 0.5) is 4.39 Å². The SMILES string of the molecule is NCc1nc(-c2nc(-c3ccc(F)c(Br)c3)no2)cs1. The van der Waals surface area contributed by atoms with Crippen LogP contribution in [0.3, 0.4) is 0 Å². The van der Waals surface area contributed by atoms with Gasteiger partial charge in [-0.25, -0.2) is 9.37 Å². The molecule has 0 aliphatic rings. The lowest BCUT2D eigenvalue weighted by molar-refractivity contribution is 0.431. The summed E-state index contributed by atoms with van der Waals surface area (Å²) < 4.78 is 18.7. The van der Waals surface area contributed by atoms with Crippen molar-refractivity contribution >= 4 is 27.3 Å². The molecule has 3 aromatic rings. The molecule has 0 spiro atoms. The summed E-state index contributed by atoms with van der Waals surface area (Å²) in [6, 6.07) is 4.52. The Morgan fingerprint density at radius 2 is 2.20 bits per heavy atom. The second kappa shape index (κ2) is 5.39. The molecule has 0 aliphatic carbocycles. The largest absolute Gasteiger partial charge is 0.332 e. The van der Waals surface area contributed by atoms with Gasteiger partial charge in [0.25, 0.3) is 5.89 Å². The fourth-order valence-electron chi connectivity index (χ4n) is 1.58. The van der Waals surface area contributed by atoms with E-state index in [2.05, 4.69) is 31.1 Å². The van der Waals surface area contributed by atoms with Gasteiger partial charge in [-0.1, -0.05) is 5.16 Å². The molecule has 5 nitrogen and oxygen atoms in total. The summed E-state index contributed by atoms with van der Waals surface area (Å²) in [7, 11) is 0. The topological polar surface area (TPSA) is 77.8 Å². The van der Waals surface area contributed by atoms with Gasteiger partial charge in [-0.05, 0) is 34.1 Å². The minimum absolute atomic E-state index is 0.316. The number of nitrogens with two attached hydrogens (primary N) is 1. The molecule has 1 aromatic carbocycles. The van der Waals surface area contributed by atoms with Crippen molar-refractivity contribution in [1.29, 1.82) is 0 Å². The summed E-state index contributed by atoms with van der Waals surface area (Å²) in [5, 5.41) is 6.47. The van der Waals surface area contributed by atoms with Crippen molar-refractivity contribution in [3.63, 3.8) is 0 Å². The van der Waals surface area contributed by atoms with Crippen LogP contribution in [0, 0.1) is 5.82 Å². The molecule has 0 aliphatic heterocycles. The van der Waals surface area contributed by atoms with Gasteiger partial charge in [-0.2, -0.15) is 4.98 Å². The van der Waals surface area contributed by atoms with Crippen LogP contribution in [-0.2, 0) is 6.54 Å². The Hall–Kier alpha value is -1.64. The molecule has 0 atom stereocenters. The van der Waals surface area contributed by atoms with Crippen molar-refractivity contribution in [2.24, 2.45) is 5.73 Å². The molecule has 2 N–H and O–H groups in total. The van der Waals surface area contributed by atoms with Crippen LogP contribution in [0.5, 0.6) is 0 Å². The van der Waals surface area contributed by atoms with Gasteiger partial charge in [-0.15, -0.1) is 11.3 Å². The quantitative estimate of drug-likeness (QED) is 0.781. The first kappa shape index (κ1) is 13.3. The van der Waals surface area contributed by atoms with Gasteiger partial charge in [0.2, 0.25) is 5.82 Å². The summed E-state index contributed by atoms with van der Waals surface area (Å²) >= 11 is 4.55. The van der Waals surface area contributed by atoms with E-state index in [4.69, 9.17) is 10.3 Å². The molecule has 0 saturated carbocycles. The van der Waals surface area contributed by atoms with E-state index in [1.165, 1.54) is 17.4 Å². The lowest BCUT2D eigenvalue weighted by Gasteiger charge is -1.96. The van der Waals surface area contributed by atoms with E-state index in [1.807, 2.05) is 0 Å². The highest BCUT2D eigenvalue weighted by molar-refractivity contribution is 9.10. The Morgan fingerprint density at radius 3 is 2.90 bits per heavy atom. The van der Waals surface area contributed by atoms with Gasteiger partial charge in [0.05, 0.1) is 4.47 Å². The van der Waals surface area contributed by atoms with Crippen molar-refractivity contribution in [1.82, 2.24) is 15.1 Å². The highest BCUT2D eigenvalue weighted by Crippen LogP contribution is 2.26. The first-order chi connectivity index (χ1) is 9.67. The van der Waals surface area contributed by atoms with E-state index in [9.17, 15) is 4.39 Å². The van der Waals surface area contributed by atoms with Crippen molar-refractivity contribution in [3.05, 3.63) is 38.9 Å². The number of rotatable bonds is 3. The molecule has 102 valence electrons. The van der Waals surface area contributed by atoms with E-state index in [1.54, 1.807) is 17.5 Å². The molecule has 3 rings (SSSR count). The Labute approximate surface area is 125 Å². The number of thiazole rings is 1. The fraction of sp³-hybridized carbons (Fsp3) is 0.0833. The smallest absolute Gasteiger partial charge is 0.277 e. The summed E-state index contributed by atoms with van der Waals surface area (Å²) in [6.07, 6.45) is 0. The molecule has 0 unspecified atom stereocenters. The first-order valence-electron chi connectivity index (χ1n) is 5.61. The maximum atomic E-state index is 13.2. The van der Waals surface area contributed by atoms with E-state index < -0.39 is 0 Å². The molecule has 20 heavy (non-hydrogen) atoms. The van der Waals surface area contributed by atoms with Gasteiger partial charge < -0.3 is 10.3 Å². The fourth-order valence-corrected chi connectivity index (χ4v) is 2.61. The third-order valence-electron chi connectivity index (χ3n) is 2.55. The normalized spacial score (nSPS) is 10.9. The van der Waals surface area contributed by atoms with E-state index in [-0.39, 0.29) is 5.82 Å². The Bertz CT molecular complexity index is 758. The second-order valence-corrected chi connectivity index (χ2v) is 5.68. The van der Waals surface area contributed by atoms with Crippen LogP contribution in [0.15, 0.2) is 32.6 Å². The van der Waals surface area contributed by atoms with Gasteiger partial charge in [0.15, 0.2) is 0 Å². The van der Waals surface area contributed by atoms with Crippen LogP contribution in [0.25, 0.3) is 23.0 Å². The highest BCUT2D eigenvalue weighted by atomic mass is 79.9. The Kier molecular flexibility index (Phi) is 3.60. The zero-order valence-electron chi connectivity index (χ0n) is 10.0. The first-order valence-corrected chi connectivity index (χ1v) is 7.28. The number of nitrogens with zero attached hydrogens (tertiary/aromatic N) is 3. The molecule has 2 aromatic heterocycles. The molecular weight excluding hydrogens is 347 g/mol. The Morgan fingerprint density at radius 1 is 1.35 bits per heavy atom. The van der Waals surface area contributed by atoms with E-state index in [0.29, 0.717) is 34.0 Å². The number of hydrogen-bond acceptors (Lipinski definition) is 6. The van der Waals surface area contributed by atoms with Crippen LogP contribution in [0.1, 0.15) is 5.01 Å². The lowest BCUT2D eigenvalue weighted by atomic mass is 10.2. The van der Waals surface area contributed by atoms with Crippen LogP contribution < -0.4 is 5.73 Å².